The molecule has 1 aromatic rings. The molecule has 0 saturated heterocycles. The Labute approximate surface area is 135 Å². The van der Waals surface area contributed by atoms with Crippen LogP contribution in [0.5, 0.6) is 0 Å². The summed E-state index contributed by atoms with van der Waals surface area (Å²) in [5.74, 6) is 1.18. The average Bonchev–Trinajstić information content (AvgIpc) is 2.52. The van der Waals surface area contributed by atoms with Gasteiger partial charge in [0.2, 0.25) is 0 Å². The van der Waals surface area contributed by atoms with Gasteiger partial charge in [-0.1, -0.05) is 56.5 Å². The Morgan fingerprint density at radius 1 is 1.24 bits per heavy atom. The van der Waals surface area contributed by atoms with E-state index in [0.29, 0.717) is 11.8 Å². The molecule has 1 aromatic carbocycles. The van der Waals surface area contributed by atoms with E-state index in [1.54, 1.807) is 0 Å². The first-order chi connectivity index (χ1) is 10.2. The summed E-state index contributed by atoms with van der Waals surface area (Å²) in [4.78, 5) is 1.10. The number of hydrogen-bond acceptors (Lipinski definition) is 1. The maximum absolute atomic E-state index is 4.75. The lowest BCUT2D eigenvalue weighted by atomic mass is 9.58. The van der Waals surface area contributed by atoms with Crippen LogP contribution in [0.4, 0.5) is 0 Å². The molecule has 0 N–H and O–H groups in total. The standard InChI is InChI=1S/C20H28S/c1-4-11-16(3)20(5-2,17-12-7-6-8-13-17)18-14-9-10-15-19(18)21/h4-5,9-10,14-17,21H,1-2,6-8,11-13H2,3H3. The van der Waals surface area contributed by atoms with E-state index in [0.717, 1.165) is 11.3 Å². The maximum atomic E-state index is 4.75. The molecule has 2 atom stereocenters. The van der Waals surface area contributed by atoms with Crippen molar-refractivity contribution < 1.29 is 0 Å². The highest BCUT2D eigenvalue weighted by atomic mass is 32.1. The number of rotatable bonds is 6. The lowest BCUT2D eigenvalue weighted by molar-refractivity contribution is 0.181. The topological polar surface area (TPSA) is 0 Å². The van der Waals surface area contributed by atoms with Gasteiger partial charge in [0.1, 0.15) is 0 Å². The molecule has 0 aromatic heterocycles. The first-order valence-electron chi connectivity index (χ1n) is 8.19. The van der Waals surface area contributed by atoms with Crippen molar-refractivity contribution in [2.75, 3.05) is 0 Å². The van der Waals surface area contributed by atoms with Crippen molar-refractivity contribution >= 4 is 12.6 Å². The Morgan fingerprint density at radius 2 is 1.90 bits per heavy atom. The number of benzene rings is 1. The fourth-order valence-corrected chi connectivity index (χ4v) is 4.58. The quantitative estimate of drug-likeness (QED) is 0.470. The number of hydrogen-bond donors (Lipinski definition) is 1. The summed E-state index contributed by atoms with van der Waals surface area (Å²) < 4.78 is 0. The Morgan fingerprint density at radius 3 is 2.48 bits per heavy atom. The zero-order chi connectivity index (χ0) is 15.3. The van der Waals surface area contributed by atoms with Crippen molar-refractivity contribution in [2.45, 2.75) is 55.8 Å². The molecule has 0 radical (unpaired) electrons. The summed E-state index contributed by atoms with van der Waals surface area (Å²) in [5, 5.41) is 0. The highest BCUT2D eigenvalue weighted by Crippen LogP contribution is 2.49. The van der Waals surface area contributed by atoms with Gasteiger partial charge in [-0.15, -0.1) is 25.8 Å². The Kier molecular flexibility index (Phi) is 5.75. The highest BCUT2D eigenvalue weighted by molar-refractivity contribution is 7.80. The average molecular weight is 301 g/mol. The minimum atomic E-state index is 0.0208. The van der Waals surface area contributed by atoms with Gasteiger partial charge < -0.3 is 0 Å². The van der Waals surface area contributed by atoms with Crippen molar-refractivity contribution in [1.82, 2.24) is 0 Å². The van der Waals surface area contributed by atoms with E-state index >= 15 is 0 Å². The van der Waals surface area contributed by atoms with Crippen LogP contribution in [0.15, 0.2) is 54.5 Å². The highest BCUT2D eigenvalue weighted by Gasteiger charge is 2.42. The molecule has 1 heteroatoms. The van der Waals surface area contributed by atoms with Crippen molar-refractivity contribution in [3.05, 3.63) is 55.1 Å². The van der Waals surface area contributed by atoms with Crippen LogP contribution in [0, 0.1) is 11.8 Å². The second-order valence-corrected chi connectivity index (χ2v) is 6.90. The van der Waals surface area contributed by atoms with Gasteiger partial charge in [-0.3, -0.25) is 0 Å². The van der Waals surface area contributed by atoms with E-state index in [2.05, 4.69) is 50.4 Å². The molecule has 1 aliphatic rings. The molecule has 1 saturated carbocycles. The molecule has 21 heavy (non-hydrogen) atoms. The van der Waals surface area contributed by atoms with Gasteiger partial charge in [0, 0.05) is 10.3 Å². The second-order valence-electron chi connectivity index (χ2n) is 6.41. The van der Waals surface area contributed by atoms with Gasteiger partial charge in [0.25, 0.3) is 0 Å². The maximum Gasteiger partial charge on any atom is 0.0197 e. The van der Waals surface area contributed by atoms with Gasteiger partial charge in [-0.25, -0.2) is 0 Å². The molecule has 0 heterocycles. The lowest BCUT2D eigenvalue weighted by Gasteiger charge is -2.46. The van der Waals surface area contributed by atoms with E-state index in [4.69, 9.17) is 12.6 Å². The van der Waals surface area contributed by atoms with Crippen LogP contribution in [0.2, 0.25) is 0 Å². The van der Waals surface area contributed by atoms with Crippen molar-refractivity contribution in [3.63, 3.8) is 0 Å². The van der Waals surface area contributed by atoms with Crippen LogP contribution in [0.1, 0.15) is 51.0 Å². The van der Waals surface area contributed by atoms with Crippen LogP contribution in [-0.2, 0) is 5.41 Å². The summed E-state index contributed by atoms with van der Waals surface area (Å²) >= 11 is 4.75. The summed E-state index contributed by atoms with van der Waals surface area (Å²) in [6.45, 7) is 10.6. The molecule has 0 aliphatic heterocycles. The molecule has 1 aliphatic carbocycles. The summed E-state index contributed by atoms with van der Waals surface area (Å²) in [5.41, 5.74) is 1.37. The van der Waals surface area contributed by atoms with Crippen molar-refractivity contribution in [1.29, 1.82) is 0 Å². The van der Waals surface area contributed by atoms with E-state index in [1.807, 2.05) is 6.08 Å². The predicted octanol–water partition coefficient (Wildman–Crippen LogP) is 6.19. The van der Waals surface area contributed by atoms with E-state index < -0.39 is 0 Å². The largest absolute Gasteiger partial charge is 0.143 e. The van der Waals surface area contributed by atoms with Crippen LogP contribution in [0.3, 0.4) is 0 Å². The monoisotopic (exact) mass is 300 g/mol. The molecular formula is C20H28S. The third kappa shape index (κ3) is 3.13. The fourth-order valence-electron chi connectivity index (χ4n) is 4.23. The van der Waals surface area contributed by atoms with Crippen molar-refractivity contribution in [2.24, 2.45) is 11.8 Å². The smallest absolute Gasteiger partial charge is 0.0197 e. The van der Waals surface area contributed by atoms with Crippen molar-refractivity contribution in [3.8, 4) is 0 Å². The molecule has 2 rings (SSSR count). The van der Waals surface area contributed by atoms with Crippen LogP contribution in [0.25, 0.3) is 0 Å². The van der Waals surface area contributed by atoms with Crippen LogP contribution < -0.4 is 0 Å². The minimum absolute atomic E-state index is 0.0208. The van der Waals surface area contributed by atoms with Gasteiger partial charge in [0.15, 0.2) is 0 Å². The Balaban J connectivity index is 2.52. The zero-order valence-electron chi connectivity index (χ0n) is 13.2. The van der Waals surface area contributed by atoms with Gasteiger partial charge in [-0.05, 0) is 42.7 Å². The summed E-state index contributed by atoms with van der Waals surface area (Å²) in [6.07, 6.45) is 11.9. The normalized spacial score (nSPS) is 20.5. The number of allylic oxidation sites excluding steroid dienone is 2. The zero-order valence-corrected chi connectivity index (χ0v) is 14.1. The summed E-state index contributed by atoms with van der Waals surface area (Å²) in [7, 11) is 0. The van der Waals surface area contributed by atoms with E-state index in [1.165, 1.54) is 37.7 Å². The molecule has 0 amide bonds. The first-order valence-corrected chi connectivity index (χ1v) is 8.64. The predicted molar refractivity (Wildman–Crippen MR) is 96.1 cm³/mol. The Hall–Kier alpha value is -0.950. The number of thiol groups is 1. The molecule has 2 unspecified atom stereocenters. The lowest BCUT2D eigenvalue weighted by Crippen LogP contribution is -2.41. The van der Waals surface area contributed by atoms with E-state index in [-0.39, 0.29) is 5.41 Å². The molecule has 0 spiro atoms. The SMILES string of the molecule is C=CCC(C)C(C=C)(c1ccccc1S)C1CCCCC1. The first kappa shape index (κ1) is 16.4. The molecule has 114 valence electrons. The molecule has 0 nitrogen and oxygen atoms in total. The molecule has 1 fully saturated rings. The molecular weight excluding hydrogens is 272 g/mol. The second kappa shape index (κ2) is 7.35. The van der Waals surface area contributed by atoms with Gasteiger partial charge in [0.05, 0.1) is 0 Å². The van der Waals surface area contributed by atoms with Crippen LogP contribution >= 0.6 is 12.6 Å². The van der Waals surface area contributed by atoms with E-state index in [9.17, 15) is 0 Å². The molecule has 0 bridgehead atoms. The van der Waals surface area contributed by atoms with Gasteiger partial charge in [-0.2, -0.15) is 0 Å². The minimum Gasteiger partial charge on any atom is -0.143 e. The van der Waals surface area contributed by atoms with Gasteiger partial charge >= 0.3 is 0 Å². The fraction of sp³-hybridized carbons (Fsp3) is 0.500. The third-order valence-corrected chi connectivity index (χ3v) is 5.71. The Bertz CT molecular complexity index is 484. The summed E-state index contributed by atoms with van der Waals surface area (Å²) in [6, 6.07) is 8.56. The third-order valence-electron chi connectivity index (χ3n) is 5.32. The van der Waals surface area contributed by atoms with Crippen LogP contribution in [-0.4, -0.2) is 0 Å².